The summed E-state index contributed by atoms with van der Waals surface area (Å²) in [6, 6.07) is 6.05. The molecule has 0 spiro atoms. The summed E-state index contributed by atoms with van der Waals surface area (Å²) in [6.07, 6.45) is 3.53. The Labute approximate surface area is 134 Å². The van der Waals surface area contributed by atoms with Gasteiger partial charge >= 0.3 is 12.0 Å². The third-order valence-corrected chi connectivity index (χ3v) is 3.45. The van der Waals surface area contributed by atoms with Crippen LogP contribution in [0.1, 0.15) is 25.5 Å². The Balaban J connectivity index is 2.34. The molecule has 1 aromatic carbocycles. The summed E-state index contributed by atoms with van der Waals surface area (Å²) < 4.78 is 5.20. The van der Waals surface area contributed by atoms with E-state index in [9.17, 15) is 9.59 Å². The van der Waals surface area contributed by atoms with Crippen LogP contribution in [0.15, 0.2) is 47.7 Å². The first kappa shape index (κ1) is 16.1. The van der Waals surface area contributed by atoms with E-state index >= 15 is 0 Å². The van der Waals surface area contributed by atoms with Crippen molar-refractivity contribution in [2.45, 2.75) is 19.9 Å². The molecule has 1 atom stereocenters. The lowest BCUT2D eigenvalue weighted by Crippen LogP contribution is -2.45. The first-order valence-corrected chi connectivity index (χ1v) is 7.22. The topological polar surface area (TPSA) is 67.4 Å². The summed E-state index contributed by atoms with van der Waals surface area (Å²) in [5.41, 5.74) is 1.56. The lowest BCUT2D eigenvalue weighted by Gasteiger charge is -2.28. The van der Waals surface area contributed by atoms with E-state index in [0.29, 0.717) is 16.3 Å². The minimum absolute atomic E-state index is 0.183. The minimum Gasteiger partial charge on any atom is -0.458 e. The lowest BCUT2D eigenvalue weighted by atomic mass is 9.95. The van der Waals surface area contributed by atoms with Crippen molar-refractivity contribution in [2.75, 3.05) is 6.61 Å². The van der Waals surface area contributed by atoms with Gasteiger partial charge in [0, 0.05) is 10.7 Å². The van der Waals surface area contributed by atoms with Crippen molar-refractivity contribution in [2.24, 2.45) is 0 Å². The van der Waals surface area contributed by atoms with Crippen LogP contribution in [-0.4, -0.2) is 18.6 Å². The van der Waals surface area contributed by atoms with Gasteiger partial charge in [-0.05, 0) is 31.5 Å². The number of hydrogen-bond donors (Lipinski definition) is 2. The Hall–Kier alpha value is -2.27. The van der Waals surface area contributed by atoms with Crippen molar-refractivity contribution in [3.8, 4) is 0 Å². The molecule has 0 aliphatic carbocycles. The molecule has 1 aromatic rings. The Morgan fingerprint density at radius 1 is 1.45 bits per heavy atom. The predicted octanol–water partition coefficient (Wildman–Crippen LogP) is 3.09. The Kier molecular flexibility index (Phi) is 5.22. The van der Waals surface area contributed by atoms with Crippen LogP contribution in [0.4, 0.5) is 4.79 Å². The molecule has 5 nitrogen and oxygen atoms in total. The Bertz CT molecular complexity index is 653. The summed E-state index contributed by atoms with van der Waals surface area (Å²) in [7, 11) is 0. The number of nitrogens with one attached hydrogen (secondary N) is 2. The van der Waals surface area contributed by atoms with Crippen LogP contribution in [-0.2, 0) is 9.53 Å². The first-order chi connectivity index (χ1) is 10.5. The van der Waals surface area contributed by atoms with Gasteiger partial charge in [-0.2, -0.15) is 0 Å². The molecule has 2 rings (SSSR count). The molecule has 1 aliphatic heterocycles. The molecular weight excluding hydrogens is 304 g/mol. The van der Waals surface area contributed by atoms with Gasteiger partial charge in [-0.25, -0.2) is 9.59 Å². The standard InChI is InChI=1S/C16H17ClN2O3/c1-3-4-8-22-15(20)13-10(2)18-16(21)19-14(13)11-6-5-7-12(17)9-11/h3-7,9,14H,8H2,1-2H3,(H2,18,19,21)/b4-3-/t14-/m0/s1. The fourth-order valence-corrected chi connectivity index (χ4v) is 2.40. The summed E-state index contributed by atoms with van der Waals surface area (Å²) in [5, 5.41) is 5.85. The molecule has 0 bridgehead atoms. The van der Waals surface area contributed by atoms with Crippen molar-refractivity contribution >= 4 is 23.6 Å². The smallest absolute Gasteiger partial charge is 0.338 e. The van der Waals surface area contributed by atoms with Gasteiger partial charge in [0.2, 0.25) is 0 Å². The van der Waals surface area contributed by atoms with E-state index in [4.69, 9.17) is 16.3 Å². The quantitative estimate of drug-likeness (QED) is 0.661. The SMILES string of the molecule is C/C=C\COC(=O)C1=C(C)NC(=O)N[C@H]1c1cccc(Cl)c1. The van der Waals surface area contributed by atoms with E-state index in [2.05, 4.69) is 10.6 Å². The number of benzene rings is 1. The van der Waals surface area contributed by atoms with Gasteiger partial charge in [-0.3, -0.25) is 0 Å². The van der Waals surface area contributed by atoms with Gasteiger partial charge in [0.25, 0.3) is 0 Å². The summed E-state index contributed by atoms with van der Waals surface area (Å²) in [5.74, 6) is -0.479. The zero-order valence-corrected chi connectivity index (χ0v) is 13.1. The average Bonchev–Trinajstić information content (AvgIpc) is 2.46. The third kappa shape index (κ3) is 3.68. The fraction of sp³-hybridized carbons (Fsp3) is 0.250. The predicted molar refractivity (Wildman–Crippen MR) is 84.3 cm³/mol. The van der Waals surface area contributed by atoms with E-state index < -0.39 is 12.0 Å². The Morgan fingerprint density at radius 3 is 2.91 bits per heavy atom. The molecular formula is C16H17ClN2O3. The molecule has 1 heterocycles. The van der Waals surface area contributed by atoms with Crippen LogP contribution in [0.2, 0.25) is 5.02 Å². The van der Waals surface area contributed by atoms with Gasteiger partial charge < -0.3 is 15.4 Å². The van der Waals surface area contributed by atoms with Gasteiger partial charge in [0.1, 0.15) is 6.61 Å². The van der Waals surface area contributed by atoms with Crippen LogP contribution < -0.4 is 10.6 Å². The number of rotatable bonds is 4. The minimum atomic E-state index is -0.592. The molecule has 0 aromatic heterocycles. The lowest BCUT2D eigenvalue weighted by molar-refractivity contribution is -0.138. The normalized spacial score (nSPS) is 18.1. The number of carbonyl (C=O) groups excluding carboxylic acids is 2. The molecule has 0 unspecified atom stereocenters. The van der Waals surface area contributed by atoms with Crippen LogP contribution in [0.25, 0.3) is 0 Å². The van der Waals surface area contributed by atoms with Crippen molar-refractivity contribution in [1.29, 1.82) is 0 Å². The van der Waals surface area contributed by atoms with Gasteiger partial charge in [-0.1, -0.05) is 35.9 Å². The number of amides is 2. The number of carbonyl (C=O) groups is 2. The van der Waals surface area contributed by atoms with Crippen LogP contribution >= 0.6 is 11.6 Å². The van der Waals surface area contributed by atoms with Crippen molar-refractivity contribution in [3.63, 3.8) is 0 Å². The number of urea groups is 1. The van der Waals surface area contributed by atoms with E-state index in [-0.39, 0.29) is 12.6 Å². The second-order valence-corrected chi connectivity index (χ2v) is 5.23. The van der Waals surface area contributed by atoms with Crippen LogP contribution in [0.5, 0.6) is 0 Å². The highest BCUT2D eigenvalue weighted by Crippen LogP contribution is 2.28. The van der Waals surface area contributed by atoms with E-state index in [1.165, 1.54) is 0 Å². The van der Waals surface area contributed by atoms with Crippen molar-refractivity contribution < 1.29 is 14.3 Å². The Morgan fingerprint density at radius 2 is 2.23 bits per heavy atom. The highest BCUT2D eigenvalue weighted by molar-refractivity contribution is 6.30. The van der Waals surface area contributed by atoms with Crippen molar-refractivity contribution in [3.05, 3.63) is 58.3 Å². The highest BCUT2D eigenvalue weighted by Gasteiger charge is 2.32. The first-order valence-electron chi connectivity index (χ1n) is 6.85. The van der Waals surface area contributed by atoms with Crippen LogP contribution in [0.3, 0.4) is 0 Å². The summed E-state index contributed by atoms with van der Waals surface area (Å²) >= 11 is 6.00. The number of ether oxygens (including phenoxy) is 1. The number of allylic oxidation sites excluding steroid dienone is 2. The second-order valence-electron chi connectivity index (χ2n) is 4.79. The maximum atomic E-state index is 12.3. The van der Waals surface area contributed by atoms with Gasteiger partial charge in [0.15, 0.2) is 0 Å². The molecule has 22 heavy (non-hydrogen) atoms. The molecule has 116 valence electrons. The van der Waals surface area contributed by atoms with E-state index in [0.717, 1.165) is 5.56 Å². The van der Waals surface area contributed by atoms with E-state index in [1.807, 2.05) is 6.92 Å². The largest absolute Gasteiger partial charge is 0.458 e. The maximum Gasteiger partial charge on any atom is 0.338 e. The number of halogens is 1. The third-order valence-electron chi connectivity index (χ3n) is 3.22. The summed E-state index contributed by atoms with van der Waals surface area (Å²) in [6.45, 7) is 3.69. The molecule has 0 radical (unpaired) electrons. The zero-order chi connectivity index (χ0) is 16.1. The number of hydrogen-bond acceptors (Lipinski definition) is 3. The maximum absolute atomic E-state index is 12.3. The van der Waals surface area contributed by atoms with Gasteiger partial charge in [-0.15, -0.1) is 0 Å². The fourth-order valence-electron chi connectivity index (χ4n) is 2.20. The molecule has 0 saturated carbocycles. The molecule has 6 heteroatoms. The average molecular weight is 321 g/mol. The zero-order valence-electron chi connectivity index (χ0n) is 12.4. The highest BCUT2D eigenvalue weighted by atomic mass is 35.5. The molecule has 2 amide bonds. The van der Waals surface area contributed by atoms with Crippen LogP contribution in [0, 0.1) is 0 Å². The monoisotopic (exact) mass is 320 g/mol. The molecule has 2 N–H and O–H groups in total. The number of esters is 1. The molecule has 0 fully saturated rings. The van der Waals surface area contributed by atoms with Crippen molar-refractivity contribution in [1.82, 2.24) is 10.6 Å². The molecule has 1 aliphatic rings. The van der Waals surface area contributed by atoms with E-state index in [1.54, 1.807) is 43.3 Å². The van der Waals surface area contributed by atoms with Gasteiger partial charge in [0.05, 0.1) is 11.6 Å². The molecule has 0 saturated heterocycles. The summed E-state index contributed by atoms with van der Waals surface area (Å²) in [4.78, 5) is 24.0. The second kappa shape index (κ2) is 7.13.